The van der Waals surface area contributed by atoms with Crippen molar-refractivity contribution in [2.24, 2.45) is 0 Å². The number of benzene rings is 2. The predicted octanol–water partition coefficient (Wildman–Crippen LogP) is 4.08. The van der Waals surface area contributed by atoms with E-state index in [1.807, 2.05) is 26.0 Å². The van der Waals surface area contributed by atoms with Crippen LogP contribution < -0.4 is 5.32 Å². The molecule has 0 atom stereocenters. The molecule has 2 rings (SSSR count). The van der Waals surface area contributed by atoms with Crippen molar-refractivity contribution in [1.29, 1.82) is 0 Å². The van der Waals surface area contributed by atoms with Crippen molar-refractivity contribution in [1.82, 2.24) is 5.32 Å². The molecule has 2 aromatic rings. The molecule has 0 fully saturated rings. The van der Waals surface area contributed by atoms with Crippen molar-refractivity contribution in [3.8, 4) is 0 Å². The Hall–Kier alpha value is -2.04. The lowest BCUT2D eigenvalue weighted by molar-refractivity contribution is -0.124. The fourth-order valence-electron chi connectivity index (χ4n) is 2.16. The molecule has 2 aromatic carbocycles. The molecule has 1 amide bonds. The molecule has 6 heteroatoms. The summed E-state index contributed by atoms with van der Waals surface area (Å²) >= 11 is 11.8. The minimum Gasteiger partial charge on any atom is -0.452 e. The van der Waals surface area contributed by atoms with Gasteiger partial charge in [0, 0.05) is 16.6 Å². The Morgan fingerprint density at radius 3 is 2.50 bits per heavy atom. The van der Waals surface area contributed by atoms with Gasteiger partial charge < -0.3 is 10.1 Å². The lowest BCUT2D eigenvalue weighted by Crippen LogP contribution is -2.28. The largest absolute Gasteiger partial charge is 0.452 e. The first-order valence-electron chi connectivity index (χ1n) is 7.32. The Kier molecular flexibility index (Phi) is 6.23. The second-order valence-electron chi connectivity index (χ2n) is 5.41. The first kappa shape index (κ1) is 18.3. The summed E-state index contributed by atoms with van der Waals surface area (Å²) < 4.78 is 5.04. The van der Waals surface area contributed by atoms with Gasteiger partial charge in [0.2, 0.25) is 0 Å². The first-order chi connectivity index (χ1) is 11.4. The maximum atomic E-state index is 12.0. The van der Waals surface area contributed by atoms with E-state index in [-0.39, 0.29) is 13.2 Å². The van der Waals surface area contributed by atoms with E-state index in [0.29, 0.717) is 15.6 Å². The Bertz CT molecular complexity index is 775. The highest BCUT2D eigenvalue weighted by atomic mass is 35.5. The lowest BCUT2D eigenvalue weighted by Gasteiger charge is -2.09. The van der Waals surface area contributed by atoms with E-state index in [1.54, 1.807) is 24.3 Å². The van der Waals surface area contributed by atoms with E-state index in [0.717, 1.165) is 16.7 Å². The van der Waals surface area contributed by atoms with Gasteiger partial charge in [-0.3, -0.25) is 4.79 Å². The number of ether oxygens (including phenoxy) is 1. The van der Waals surface area contributed by atoms with Crippen molar-refractivity contribution >= 4 is 35.1 Å². The molecule has 0 spiro atoms. The molecule has 0 aromatic heterocycles. The van der Waals surface area contributed by atoms with Crippen LogP contribution in [0.4, 0.5) is 0 Å². The summed E-state index contributed by atoms with van der Waals surface area (Å²) in [6.07, 6.45) is 0. The molecule has 24 heavy (non-hydrogen) atoms. The molecule has 0 saturated heterocycles. The zero-order chi connectivity index (χ0) is 17.7. The summed E-state index contributed by atoms with van der Waals surface area (Å²) in [6.45, 7) is 3.65. The zero-order valence-corrected chi connectivity index (χ0v) is 14.9. The zero-order valence-electron chi connectivity index (χ0n) is 13.4. The Balaban J connectivity index is 1.85. The lowest BCUT2D eigenvalue weighted by atomic mass is 10.1. The molecule has 1 N–H and O–H groups in total. The highest BCUT2D eigenvalue weighted by Crippen LogP contribution is 2.20. The van der Waals surface area contributed by atoms with Gasteiger partial charge in [-0.15, -0.1) is 0 Å². The average Bonchev–Trinajstić information content (AvgIpc) is 2.51. The molecule has 0 aliphatic heterocycles. The monoisotopic (exact) mass is 365 g/mol. The number of amides is 1. The van der Waals surface area contributed by atoms with E-state index >= 15 is 0 Å². The van der Waals surface area contributed by atoms with Crippen LogP contribution in [0.15, 0.2) is 36.4 Å². The third-order valence-corrected chi connectivity index (χ3v) is 4.01. The first-order valence-corrected chi connectivity index (χ1v) is 8.07. The van der Waals surface area contributed by atoms with E-state index in [1.165, 1.54) is 0 Å². The third-order valence-electron chi connectivity index (χ3n) is 3.43. The topological polar surface area (TPSA) is 55.4 Å². The number of esters is 1. The quantitative estimate of drug-likeness (QED) is 0.812. The van der Waals surface area contributed by atoms with Crippen molar-refractivity contribution in [3.05, 3.63) is 68.7 Å². The van der Waals surface area contributed by atoms with Crippen LogP contribution in [0.25, 0.3) is 0 Å². The summed E-state index contributed by atoms with van der Waals surface area (Å²) in [4.78, 5) is 23.8. The van der Waals surface area contributed by atoms with Gasteiger partial charge in [-0.2, -0.15) is 0 Å². The normalized spacial score (nSPS) is 10.3. The fourth-order valence-corrected chi connectivity index (χ4v) is 2.64. The van der Waals surface area contributed by atoms with E-state index in [9.17, 15) is 9.59 Å². The molecule has 0 heterocycles. The second-order valence-corrected chi connectivity index (χ2v) is 6.25. The molecular weight excluding hydrogens is 349 g/mol. The third kappa shape index (κ3) is 4.98. The summed E-state index contributed by atoms with van der Waals surface area (Å²) in [6, 6.07) is 10.4. The highest BCUT2D eigenvalue weighted by molar-refractivity contribution is 6.35. The van der Waals surface area contributed by atoms with Crippen molar-refractivity contribution < 1.29 is 14.3 Å². The number of carbonyl (C=O) groups is 2. The van der Waals surface area contributed by atoms with Crippen LogP contribution in [-0.2, 0) is 16.1 Å². The molecule has 0 bridgehead atoms. The molecule has 126 valence electrons. The number of hydrogen-bond donors (Lipinski definition) is 1. The summed E-state index contributed by atoms with van der Waals surface area (Å²) in [5.74, 6) is -0.925. The number of halogens is 2. The SMILES string of the molecule is Cc1ccc(C(=O)OCC(=O)NCc2ccc(Cl)cc2Cl)c(C)c1. The van der Waals surface area contributed by atoms with Gasteiger partial charge in [-0.25, -0.2) is 4.79 Å². The van der Waals surface area contributed by atoms with Crippen molar-refractivity contribution in [2.75, 3.05) is 6.61 Å². The molecule has 0 radical (unpaired) electrons. The maximum Gasteiger partial charge on any atom is 0.338 e. The van der Waals surface area contributed by atoms with Crippen molar-refractivity contribution in [3.63, 3.8) is 0 Å². The van der Waals surface area contributed by atoms with Gasteiger partial charge in [-0.05, 0) is 43.2 Å². The van der Waals surface area contributed by atoms with Gasteiger partial charge in [0.1, 0.15) is 0 Å². The van der Waals surface area contributed by atoms with Crippen LogP contribution in [0, 0.1) is 13.8 Å². The van der Waals surface area contributed by atoms with E-state index in [4.69, 9.17) is 27.9 Å². The summed E-state index contributed by atoms with van der Waals surface area (Å²) in [5, 5.41) is 3.64. The smallest absolute Gasteiger partial charge is 0.338 e. The number of hydrogen-bond acceptors (Lipinski definition) is 3. The van der Waals surface area contributed by atoms with Gasteiger partial charge in [0.05, 0.1) is 5.56 Å². The molecule has 0 aliphatic carbocycles. The van der Waals surface area contributed by atoms with E-state index < -0.39 is 11.9 Å². The summed E-state index contributed by atoms with van der Waals surface area (Å²) in [7, 11) is 0. The number of nitrogens with one attached hydrogen (secondary N) is 1. The number of aryl methyl sites for hydroxylation is 2. The van der Waals surface area contributed by atoms with Crippen LogP contribution in [0.2, 0.25) is 10.0 Å². The Morgan fingerprint density at radius 1 is 1.08 bits per heavy atom. The van der Waals surface area contributed by atoms with Gasteiger partial charge in [0.25, 0.3) is 5.91 Å². The number of rotatable bonds is 5. The minimum absolute atomic E-state index is 0.232. The minimum atomic E-state index is -0.521. The molecular formula is C18H17Cl2NO3. The maximum absolute atomic E-state index is 12.0. The van der Waals surface area contributed by atoms with Gasteiger partial charge >= 0.3 is 5.97 Å². The average molecular weight is 366 g/mol. The highest BCUT2D eigenvalue weighted by Gasteiger charge is 2.13. The fraction of sp³-hybridized carbons (Fsp3) is 0.222. The molecule has 0 aliphatic rings. The van der Waals surface area contributed by atoms with Crippen LogP contribution in [-0.4, -0.2) is 18.5 Å². The Morgan fingerprint density at radius 2 is 1.83 bits per heavy atom. The van der Waals surface area contributed by atoms with Crippen LogP contribution in [0.3, 0.4) is 0 Å². The summed E-state index contributed by atoms with van der Waals surface area (Å²) in [5.41, 5.74) is 3.05. The van der Waals surface area contributed by atoms with Crippen LogP contribution >= 0.6 is 23.2 Å². The van der Waals surface area contributed by atoms with Gasteiger partial charge in [-0.1, -0.05) is 47.0 Å². The van der Waals surface area contributed by atoms with Crippen LogP contribution in [0.1, 0.15) is 27.0 Å². The molecule has 4 nitrogen and oxygen atoms in total. The van der Waals surface area contributed by atoms with Crippen LogP contribution in [0.5, 0.6) is 0 Å². The standard InChI is InChI=1S/C18H17Cl2NO3/c1-11-3-6-15(12(2)7-11)18(23)24-10-17(22)21-9-13-4-5-14(19)8-16(13)20/h3-8H,9-10H2,1-2H3,(H,21,22). The number of carbonyl (C=O) groups excluding carboxylic acids is 2. The molecule has 0 saturated carbocycles. The second kappa shape index (κ2) is 8.18. The Labute approximate surface area is 150 Å². The molecule has 0 unspecified atom stereocenters. The predicted molar refractivity (Wildman–Crippen MR) is 94.5 cm³/mol. The van der Waals surface area contributed by atoms with Gasteiger partial charge in [0.15, 0.2) is 6.61 Å². The van der Waals surface area contributed by atoms with Crippen molar-refractivity contribution in [2.45, 2.75) is 20.4 Å². The van der Waals surface area contributed by atoms with E-state index in [2.05, 4.69) is 5.32 Å².